The Morgan fingerprint density at radius 3 is 2.52 bits per heavy atom. The standard InChI is InChI=1S/C21H22FN5O2/c1-12(28)24-14-2-4-16(17(22)10-14)21(29)25-15-3-5-18-19(11-15)27-20(26-18)13-6-8-23-9-7-13/h2-5,10-11,13,23H,6-9H2,1H3,(H,24,28)(H,25,29)(H,26,27). The number of aromatic amines is 1. The number of hydrogen-bond acceptors (Lipinski definition) is 4. The average molecular weight is 395 g/mol. The van der Waals surface area contributed by atoms with Crippen molar-refractivity contribution in [1.29, 1.82) is 0 Å². The van der Waals surface area contributed by atoms with Gasteiger partial charge in [-0.25, -0.2) is 9.37 Å². The number of piperidine rings is 1. The van der Waals surface area contributed by atoms with E-state index in [1.807, 2.05) is 6.07 Å². The van der Waals surface area contributed by atoms with Gasteiger partial charge in [-0.3, -0.25) is 9.59 Å². The number of benzene rings is 2. The van der Waals surface area contributed by atoms with Crippen LogP contribution in [0.3, 0.4) is 0 Å². The second-order valence-electron chi connectivity index (χ2n) is 7.21. The number of fused-ring (bicyclic) bond motifs is 1. The maximum absolute atomic E-state index is 14.3. The maximum atomic E-state index is 14.3. The summed E-state index contributed by atoms with van der Waals surface area (Å²) in [6.07, 6.45) is 2.08. The first kappa shape index (κ1) is 19.1. The Labute approximate surface area is 167 Å². The number of hydrogen-bond donors (Lipinski definition) is 4. The SMILES string of the molecule is CC(=O)Nc1ccc(C(=O)Nc2ccc3nc(C4CCNCC4)[nH]c3c2)c(F)c1. The Hall–Kier alpha value is -3.26. The first-order valence-electron chi connectivity index (χ1n) is 9.58. The summed E-state index contributed by atoms with van der Waals surface area (Å²) in [5.41, 5.74) is 2.42. The third-order valence-electron chi connectivity index (χ3n) is 5.02. The summed E-state index contributed by atoms with van der Waals surface area (Å²) in [6, 6.07) is 9.34. The van der Waals surface area contributed by atoms with E-state index in [1.54, 1.807) is 12.1 Å². The van der Waals surface area contributed by atoms with Gasteiger partial charge in [-0.05, 0) is 62.3 Å². The van der Waals surface area contributed by atoms with Crippen molar-refractivity contribution >= 4 is 34.2 Å². The Kier molecular flexibility index (Phi) is 5.26. The molecule has 0 aliphatic carbocycles. The van der Waals surface area contributed by atoms with Crippen molar-refractivity contribution < 1.29 is 14.0 Å². The number of nitrogens with zero attached hydrogens (tertiary/aromatic N) is 1. The van der Waals surface area contributed by atoms with E-state index in [4.69, 9.17) is 0 Å². The average Bonchev–Trinajstić information content (AvgIpc) is 3.11. The van der Waals surface area contributed by atoms with Crippen LogP contribution in [0, 0.1) is 5.82 Å². The molecule has 0 atom stereocenters. The topological polar surface area (TPSA) is 98.9 Å². The lowest BCUT2D eigenvalue weighted by atomic mass is 9.98. The second-order valence-corrected chi connectivity index (χ2v) is 7.21. The van der Waals surface area contributed by atoms with Crippen molar-refractivity contribution in [3.05, 3.63) is 53.6 Å². The highest BCUT2D eigenvalue weighted by atomic mass is 19.1. The molecule has 7 nitrogen and oxygen atoms in total. The Morgan fingerprint density at radius 1 is 1.07 bits per heavy atom. The number of carbonyl (C=O) groups is 2. The normalized spacial score (nSPS) is 14.7. The summed E-state index contributed by atoms with van der Waals surface area (Å²) < 4.78 is 14.3. The van der Waals surface area contributed by atoms with Crippen LogP contribution in [0.4, 0.5) is 15.8 Å². The molecule has 0 saturated carbocycles. The zero-order valence-corrected chi connectivity index (χ0v) is 16.0. The molecule has 1 aliphatic heterocycles. The third-order valence-corrected chi connectivity index (χ3v) is 5.02. The van der Waals surface area contributed by atoms with Gasteiger partial charge in [0.25, 0.3) is 5.91 Å². The number of aromatic nitrogens is 2. The van der Waals surface area contributed by atoms with Crippen LogP contribution in [0.2, 0.25) is 0 Å². The van der Waals surface area contributed by atoms with Gasteiger partial charge in [-0.15, -0.1) is 0 Å². The molecule has 0 unspecified atom stereocenters. The number of amides is 2. The third kappa shape index (κ3) is 4.27. The smallest absolute Gasteiger partial charge is 0.258 e. The monoisotopic (exact) mass is 395 g/mol. The molecule has 1 saturated heterocycles. The zero-order chi connectivity index (χ0) is 20.4. The van der Waals surface area contributed by atoms with Gasteiger partial charge in [0.15, 0.2) is 0 Å². The van der Waals surface area contributed by atoms with Crippen LogP contribution in [0.15, 0.2) is 36.4 Å². The molecule has 8 heteroatoms. The molecule has 0 radical (unpaired) electrons. The van der Waals surface area contributed by atoms with Crippen molar-refractivity contribution in [2.75, 3.05) is 23.7 Å². The summed E-state index contributed by atoms with van der Waals surface area (Å²) in [5, 5.41) is 8.54. The number of H-pyrrole nitrogens is 1. The van der Waals surface area contributed by atoms with E-state index in [0.29, 0.717) is 17.3 Å². The molecule has 0 bridgehead atoms. The van der Waals surface area contributed by atoms with Crippen molar-refractivity contribution in [3.63, 3.8) is 0 Å². The summed E-state index contributed by atoms with van der Waals surface area (Å²) in [4.78, 5) is 31.6. The highest BCUT2D eigenvalue weighted by Gasteiger charge is 2.19. The predicted molar refractivity (Wildman–Crippen MR) is 110 cm³/mol. The minimum absolute atomic E-state index is 0.0980. The fourth-order valence-corrected chi connectivity index (χ4v) is 3.57. The maximum Gasteiger partial charge on any atom is 0.258 e. The van der Waals surface area contributed by atoms with Gasteiger partial charge in [0.2, 0.25) is 5.91 Å². The van der Waals surface area contributed by atoms with E-state index in [0.717, 1.165) is 48.9 Å². The molecule has 4 rings (SSSR count). The Morgan fingerprint density at radius 2 is 1.79 bits per heavy atom. The zero-order valence-electron chi connectivity index (χ0n) is 16.0. The summed E-state index contributed by atoms with van der Waals surface area (Å²) >= 11 is 0. The van der Waals surface area contributed by atoms with Gasteiger partial charge in [0.1, 0.15) is 11.6 Å². The van der Waals surface area contributed by atoms with Gasteiger partial charge in [-0.1, -0.05) is 0 Å². The molecule has 1 aromatic heterocycles. The lowest BCUT2D eigenvalue weighted by Crippen LogP contribution is -2.27. The lowest BCUT2D eigenvalue weighted by molar-refractivity contribution is -0.114. The van der Waals surface area contributed by atoms with Crippen LogP contribution >= 0.6 is 0 Å². The van der Waals surface area contributed by atoms with Crippen LogP contribution in [0.25, 0.3) is 11.0 Å². The van der Waals surface area contributed by atoms with E-state index >= 15 is 0 Å². The first-order chi connectivity index (χ1) is 14.0. The van der Waals surface area contributed by atoms with Crippen molar-refractivity contribution in [2.45, 2.75) is 25.7 Å². The van der Waals surface area contributed by atoms with Crippen molar-refractivity contribution in [3.8, 4) is 0 Å². The molecule has 1 fully saturated rings. The summed E-state index contributed by atoms with van der Waals surface area (Å²) in [5.74, 6) is -0.209. The number of rotatable bonds is 4. The molecule has 4 N–H and O–H groups in total. The predicted octanol–water partition coefficient (Wildman–Crippen LogP) is 3.38. The van der Waals surface area contributed by atoms with Crippen LogP contribution in [-0.4, -0.2) is 34.9 Å². The van der Waals surface area contributed by atoms with E-state index in [-0.39, 0.29) is 11.5 Å². The fraction of sp³-hybridized carbons (Fsp3) is 0.286. The van der Waals surface area contributed by atoms with E-state index < -0.39 is 11.7 Å². The van der Waals surface area contributed by atoms with Crippen LogP contribution in [0.1, 0.15) is 41.9 Å². The van der Waals surface area contributed by atoms with Gasteiger partial charge in [0.05, 0.1) is 16.6 Å². The summed E-state index contributed by atoms with van der Waals surface area (Å²) in [6.45, 7) is 3.30. The molecule has 2 aromatic carbocycles. The summed E-state index contributed by atoms with van der Waals surface area (Å²) in [7, 11) is 0. The molecule has 29 heavy (non-hydrogen) atoms. The van der Waals surface area contributed by atoms with Crippen molar-refractivity contribution in [1.82, 2.24) is 15.3 Å². The Bertz CT molecular complexity index is 1070. The van der Waals surface area contributed by atoms with Gasteiger partial charge < -0.3 is 20.9 Å². The molecule has 150 valence electrons. The van der Waals surface area contributed by atoms with Crippen LogP contribution < -0.4 is 16.0 Å². The van der Waals surface area contributed by atoms with Gasteiger partial charge >= 0.3 is 0 Å². The molecule has 2 heterocycles. The minimum atomic E-state index is -0.704. The molecule has 0 spiro atoms. The van der Waals surface area contributed by atoms with Gasteiger partial charge in [-0.2, -0.15) is 0 Å². The number of anilines is 2. The number of carbonyl (C=O) groups excluding carboxylic acids is 2. The molecule has 3 aromatic rings. The van der Waals surface area contributed by atoms with Crippen LogP contribution in [0.5, 0.6) is 0 Å². The second kappa shape index (κ2) is 8.00. The van der Waals surface area contributed by atoms with Crippen LogP contribution in [-0.2, 0) is 4.79 Å². The first-order valence-corrected chi connectivity index (χ1v) is 9.58. The van der Waals surface area contributed by atoms with E-state index in [2.05, 4.69) is 25.9 Å². The Balaban J connectivity index is 1.51. The fourth-order valence-electron chi connectivity index (χ4n) is 3.57. The molecule has 2 amide bonds. The highest BCUT2D eigenvalue weighted by Crippen LogP contribution is 2.26. The van der Waals surface area contributed by atoms with Gasteiger partial charge in [0, 0.05) is 24.2 Å². The van der Waals surface area contributed by atoms with E-state index in [9.17, 15) is 14.0 Å². The number of nitrogens with one attached hydrogen (secondary N) is 4. The van der Waals surface area contributed by atoms with Crippen molar-refractivity contribution in [2.24, 2.45) is 0 Å². The minimum Gasteiger partial charge on any atom is -0.342 e. The molecular formula is C21H22FN5O2. The quantitative estimate of drug-likeness (QED) is 0.544. The molecular weight excluding hydrogens is 373 g/mol. The number of halogens is 1. The molecule has 1 aliphatic rings. The lowest BCUT2D eigenvalue weighted by Gasteiger charge is -2.20. The largest absolute Gasteiger partial charge is 0.342 e. The number of imidazole rings is 1. The van der Waals surface area contributed by atoms with E-state index in [1.165, 1.54) is 19.1 Å². The highest BCUT2D eigenvalue weighted by molar-refractivity contribution is 6.05.